The van der Waals surface area contributed by atoms with Crippen molar-refractivity contribution >= 4 is 11.0 Å². The summed E-state index contributed by atoms with van der Waals surface area (Å²) in [4.78, 5) is 0. The van der Waals surface area contributed by atoms with E-state index in [9.17, 15) is 8.78 Å². The van der Waals surface area contributed by atoms with E-state index in [4.69, 9.17) is 4.42 Å². The van der Waals surface area contributed by atoms with Crippen molar-refractivity contribution in [3.63, 3.8) is 0 Å². The Labute approximate surface area is 121 Å². The largest absolute Gasteiger partial charge is 0.459 e. The molecule has 4 heteroatoms. The van der Waals surface area contributed by atoms with Crippen LogP contribution in [0.3, 0.4) is 0 Å². The molecule has 0 aliphatic heterocycles. The highest BCUT2D eigenvalue weighted by Crippen LogP contribution is 2.33. The molecule has 1 heterocycles. The van der Waals surface area contributed by atoms with Gasteiger partial charge in [0.2, 0.25) is 0 Å². The Bertz CT molecular complexity index is 777. The number of rotatable bonds is 3. The maximum absolute atomic E-state index is 13.4. The van der Waals surface area contributed by atoms with Gasteiger partial charge in [0, 0.05) is 10.9 Å². The van der Waals surface area contributed by atoms with Gasteiger partial charge >= 0.3 is 0 Å². The molecule has 0 bridgehead atoms. The van der Waals surface area contributed by atoms with E-state index in [-0.39, 0.29) is 17.7 Å². The lowest BCUT2D eigenvalue weighted by atomic mass is 10.0. The predicted octanol–water partition coefficient (Wildman–Crippen LogP) is 4.33. The monoisotopic (exact) mass is 287 g/mol. The lowest BCUT2D eigenvalue weighted by Gasteiger charge is -2.15. The SMILES string of the molecule is CNC(c1ccc(F)cc1)c1oc2ccc(F)cc2c1C. The van der Waals surface area contributed by atoms with Gasteiger partial charge in [0.05, 0.1) is 6.04 Å². The molecule has 21 heavy (non-hydrogen) atoms. The third-order valence-corrected chi connectivity index (χ3v) is 3.69. The molecule has 0 fully saturated rings. The van der Waals surface area contributed by atoms with Crippen molar-refractivity contribution in [2.75, 3.05) is 7.05 Å². The Balaban J connectivity index is 2.12. The summed E-state index contributed by atoms with van der Waals surface area (Å²) in [6.45, 7) is 1.90. The third-order valence-electron chi connectivity index (χ3n) is 3.69. The van der Waals surface area contributed by atoms with Gasteiger partial charge in [-0.3, -0.25) is 0 Å². The Morgan fingerprint density at radius 2 is 1.67 bits per heavy atom. The Hall–Kier alpha value is -2.20. The van der Waals surface area contributed by atoms with Crippen molar-refractivity contribution in [2.45, 2.75) is 13.0 Å². The smallest absolute Gasteiger partial charge is 0.134 e. The predicted molar refractivity (Wildman–Crippen MR) is 78.2 cm³/mol. The van der Waals surface area contributed by atoms with Crippen molar-refractivity contribution in [3.8, 4) is 0 Å². The Kier molecular flexibility index (Phi) is 3.47. The number of fused-ring (bicyclic) bond motifs is 1. The minimum absolute atomic E-state index is 0.207. The molecular formula is C17H15F2NO. The van der Waals surface area contributed by atoms with Crippen LogP contribution in [0.2, 0.25) is 0 Å². The second-order valence-corrected chi connectivity index (χ2v) is 5.01. The van der Waals surface area contributed by atoms with E-state index < -0.39 is 0 Å². The zero-order valence-electron chi connectivity index (χ0n) is 11.8. The van der Waals surface area contributed by atoms with Gasteiger partial charge in [0.15, 0.2) is 0 Å². The van der Waals surface area contributed by atoms with Gasteiger partial charge in [-0.1, -0.05) is 12.1 Å². The molecule has 1 unspecified atom stereocenters. The average molecular weight is 287 g/mol. The van der Waals surface area contributed by atoms with E-state index in [1.165, 1.54) is 24.3 Å². The molecule has 1 aromatic heterocycles. The van der Waals surface area contributed by atoms with Crippen LogP contribution in [0.5, 0.6) is 0 Å². The van der Waals surface area contributed by atoms with Crippen molar-refractivity contribution in [1.82, 2.24) is 5.32 Å². The molecule has 3 aromatic rings. The Morgan fingerprint density at radius 1 is 1.00 bits per heavy atom. The maximum atomic E-state index is 13.4. The van der Waals surface area contributed by atoms with Crippen LogP contribution in [0.1, 0.15) is 22.9 Å². The standard InChI is InChI=1S/C17H15F2NO/c1-10-14-9-13(19)7-8-15(14)21-17(10)16(20-2)11-3-5-12(18)6-4-11/h3-9,16,20H,1-2H3. The van der Waals surface area contributed by atoms with Crippen LogP contribution in [0.25, 0.3) is 11.0 Å². The topological polar surface area (TPSA) is 25.2 Å². The number of nitrogens with one attached hydrogen (secondary N) is 1. The van der Waals surface area contributed by atoms with Gasteiger partial charge in [-0.15, -0.1) is 0 Å². The summed E-state index contributed by atoms with van der Waals surface area (Å²) in [5, 5.41) is 3.92. The minimum Gasteiger partial charge on any atom is -0.459 e. The molecule has 2 nitrogen and oxygen atoms in total. The van der Waals surface area contributed by atoms with Crippen molar-refractivity contribution in [1.29, 1.82) is 0 Å². The summed E-state index contributed by atoms with van der Waals surface area (Å²) < 4.78 is 32.3. The van der Waals surface area contributed by atoms with E-state index in [0.29, 0.717) is 11.3 Å². The highest BCUT2D eigenvalue weighted by atomic mass is 19.1. The van der Waals surface area contributed by atoms with Gasteiger partial charge in [-0.2, -0.15) is 0 Å². The molecule has 0 saturated heterocycles. The zero-order valence-corrected chi connectivity index (χ0v) is 11.8. The normalized spacial score (nSPS) is 12.8. The van der Waals surface area contributed by atoms with Crippen molar-refractivity contribution in [3.05, 3.63) is 71.0 Å². The molecule has 3 rings (SSSR count). The first-order chi connectivity index (χ1) is 10.1. The van der Waals surface area contributed by atoms with Gasteiger partial charge < -0.3 is 9.73 Å². The van der Waals surface area contributed by atoms with Gasteiger partial charge in [0.25, 0.3) is 0 Å². The number of hydrogen-bond acceptors (Lipinski definition) is 2. The zero-order chi connectivity index (χ0) is 15.0. The van der Waals surface area contributed by atoms with Crippen LogP contribution in [0.15, 0.2) is 46.9 Å². The van der Waals surface area contributed by atoms with Crippen LogP contribution >= 0.6 is 0 Å². The molecular weight excluding hydrogens is 272 g/mol. The number of hydrogen-bond donors (Lipinski definition) is 1. The minimum atomic E-state index is -0.291. The van der Waals surface area contributed by atoms with E-state index in [0.717, 1.165) is 16.5 Å². The van der Waals surface area contributed by atoms with Crippen molar-refractivity contribution < 1.29 is 13.2 Å². The molecule has 0 spiro atoms. The molecule has 0 aliphatic carbocycles. The Morgan fingerprint density at radius 3 is 2.33 bits per heavy atom. The van der Waals surface area contributed by atoms with Crippen LogP contribution < -0.4 is 5.32 Å². The van der Waals surface area contributed by atoms with Crippen LogP contribution in [-0.4, -0.2) is 7.05 Å². The summed E-state index contributed by atoms with van der Waals surface area (Å²) >= 11 is 0. The molecule has 0 amide bonds. The fourth-order valence-corrected chi connectivity index (χ4v) is 2.59. The average Bonchev–Trinajstić information content (AvgIpc) is 2.79. The van der Waals surface area contributed by atoms with E-state index in [1.807, 2.05) is 6.92 Å². The molecule has 0 aliphatic rings. The van der Waals surface area contributed by atoms with E-state index in [1.54, 1.807) is 25.2 Å². The number of halogens is 2. The van der Waals surface area contributed by atoms with Gasteiger partial charge in [0.1, 0.15) is 23.0 Å². The molecule has 1 atom stereocenters. The summed E-state index contributed by atoms with van der Waals surface area (Å²) in [5.41, 5.74) is 2.42. The second-order valence-electron chi connectivity index (χ2n) is 5.01. The highest BCUT2D eigenvalue weighted by molar-refractivity contribution is 5.82. The van der Waals surface area contributed by atoms with E-state index >= 15 is 0 Å². The number of benzene rings is 2. The third kappa shape index (κ3) is 2.43. The number of furan rings is 1. The van der Waals surface area contributed by atoms with Crippen LogP contribution in [0.4, 0.5) is 8.78 Å². The molecule has 2 aromatic carbocycles. The highest BCUT2D eigenvalue weighted by Gasteiger charge is 2.21. The van der Waals surface area contributed by atoms with Crippen LogP contribution in [0, 0.1) is 18.6 Å². The molecule has 0 radical (unpaired) electrons. The molecule has 1 N–H and O–H groups in total. The fourth-order valence-electron chi connectivity index (χ4n) is 2.59. The molecule has 108 valence electrons. The van der Waals surface area contributed by atoms with Crippen molar-refractivity contribution in [2.24, 2.45) is 0 Å². The maximum Gasteiger partial charge on any atom is 0.134 e. The molecule has 0 saturated carbocycles. The summed E-state index contributed by atoms with van der Waals surface area (Å²) in [6, 6.07) is 10.5. The first-order valence-electron chi connectivity index (χ1n) is 6.71. The lowest BCUT2D eigenvalue weighted by Crippen LogP contribution is -2.17. The second kappa shape index (κ2) is 5.30. The quantitative estimate of drug-likeness (QED) is 0.775. The summed E-state index contributed by atoms with van der Waals surface area (Å²) in [6.07, 6.45) is 0. The van der Waals surface area contributed by atoms with Gasteiger partial charge in [-0.25, -0.2) is 8.78 Å². The van der Waals surface area contributed by atoms with Crippen LogP contribution in [-0.2, 0) is 0 Å². The summed E-state index contributed by atoms with van der Waals surface area (Å²) in [5.74, 6) is 0.141. The van der Waals surface area contributed by atoms with E-state index in [2.05, 4.69) is 5.32 Å². The van der Waals surface area contributed by atoms with Gasteiger partial charge in [-0.05, 0) is 49.9 Å². The number of aryl methyl sites for hydroxylation is 1. The first-order valence-corrected chi connectivity index (χ1v) is 6.71. The summed E-state index contributed by atoms with van der Waals surface area (Å²) in [7, 11) is 1.81. The lowest BCUT2D eigenvalue weighted by molar-refractivity contribution is 0.487. The fraction of sp³-hybridized carbons (Fsp3) is 0.176. The first kappa shape index (κ1) is 13.8.